The van der Waals surface area contributed by atoms with E-state index in [1.165, 1.54) is 22.3 Å². The van der Waals surface area contributed by atoms with E-state index >= 15 is 0 Å². The van der Waals surface area contributed by atoms with Crippen LogP contribution in [0.1, 0.15) is 40.5 Å². The van der Waals surface area contributed by atoms with E-state index in [1.807, 2.05) is 6.07 Å². The van der Waals surface area contributed by atoms with Crippen molar-refractivity contribution in [3.63, 3.8) is 0 Å². The average Bonchev–Trinajstić information content (AvgIpc) is 2.79. The Bertz CT molecular complexity index is 704. The van der Waals surface area contributed by atoms with E-state index in [0.717, 1.165) is 12.8 Å². The highest BCUT2D eigenvalue weighted by molar-refractivity contribution is 5.83. The van der Waals surface area contributed by atoms with Gasteiger partial charge in [0.15, 0.2) is 0 Å². The average molecular weight is 277 g/mol. The third kappa shape index (κ3) is 1.86. The summed E-state index contributed by atoms with van der Waals surface area (Å²) in [5.41, 5.74) is 5.30. The Kier molecular flexibility index (Phi) is 2.93. The van der Waals surface area contributed by atoms with Crippen molar-refractivity contribution >= 4 is 5.78 Å². The van der Waals surface area contributed by atoms with Crippen molar-refractivity contribution in [3.05, 3.63) is 70.8 Å². The van der Waals surface area contributed by atoms with Crippen LogP contribution in [0.25, 0.3) is 0 Å². The minimum atomic E-state index is -0.591. The largest absolute Gasteiger partial charge is 0.849 e. The van der Waals surface area contributed by atoms with Crippen molar-refractivity contribution in [2.75, 3.05) is 6.61 Å². The molecule has 0 aromatic heterocycles. The summed E-state index contributed by atoms with van der Waals surface area (Å²) in [4.78, 5) is 12.2. The molecule has 106 valence electrons. The number of rotatable bonds is 2. The number of carbonyl (C=O) groups excluding carboxylic acids is 1. The smallest absolute Gasteiger partial charge is 0.120 e. The van der Waals surface area contributed by atoms with E-state index in [2.05, 4.69) is 42.5 Å². The molecule has 0 heterocycles. The fourth-order valence-corrected chi connectivity index (χ4v) is 4.23. The van der Waals surface area contributed by atoms with Crippen molar-refractivity contribution < 1.29 is 9.90 Å². The van der Waals surface area contributed by atoms with Crippen LogP contribution < -0.4 is 5.11 Å². The third-order valence-electron chi connectivity index (χ3n) is 5.17. The van der Waals surface area contributed by atoms with Gasteiger partial charge < -0.3 is 9.90 Å². The Morgan fingerprint density at radius 3 is 2.43 bits per heavy atom. The van der Waals surface area contributed by atoms with Crippen molar-refractivity contribution in [3.8, 4) is 0 Å². The highest BCUT2D eigenvalue weighted by atomic mass is 16.3. The summed E-state index contributed by atoms with van der Waals surface area (Å²) in [5.74, 6) is 0.196. The molecule has 2 aromatic rings. The first-order valence-corrected chi connectivity index (χ1v) is 7.57. The molecule has 3 aliphatic carbocycles. The first-order valence-electron chi connectivity index (χ1n) is 7.57. The Morgan fingerprint density at radius 1 is 1.00 bits per heavy atom. The van der Waals surface area contributed by atoms with Crippen molar-refractivity contribution in [1.82, 2.24) is 0 Å². The molecule has 3 atom stereocenters. The number of hydrogen-bond donors (Lipinski definition) is 0. The number of fused-ring (bicyclic) bond motifs is 1. The molecule has 0 radical (unpaired) electrons. The fraction of sp³-hybridized carbons (Fsp3) is 0.316. The van der Waals surface area contributed by atoms with Crippen LogP contribution in [0.15, 0.2) is 48.5 Å². The molecule has 2 heteroatoms. The summed E-state index contributed by atoms with van der Waals surface area (Å²) in [6, 6.07) is 16.9. The lowest BCUT2D eigenvalue weighted by atomic mass is 9.69. The molecule has 0 N–H and O–H groups in total. The zero-order valence-corrected chi connectivity index (χ0v) is 11.8. The lowest BCUT2D eigenvalue weighted by Gasteiger charge is -2.35. The molecule has 3 unspecified atom stereocenters. The van der Waals surface area contributed by atoms with Gasteiger partial charge in [0.05, 0.1) is 0 Å². The standard InChI is InChI=1S/C19H17O2/c20-11-19(21)18-10-17-13-6-2-1-5-12(13)9-16(18)14-7-3-4-8-15(14)17/h1-8,16-18H,9-11H2/q-1. The molecule has 0 saturated carbocycles. The maximum atomic E-state index is 12.2. The van der Waals surface area contributed by atoms with E-state index in [9.17, 15) is 9.90 Å². The highest BCUT2D eigenvalue weighted by Crippen LogP contribution is 2.51. The minimum Gasteiger partial charge on any atom is -0.849 e. The second kappa shape index (κ2) is 4.81. The van der Waals surface area contributed by atoms with Gasteiger partial charge in [0.1, 0.15) is 5.78 Å². The predicted molar refractivity (Wildman–Crippen MR) is 79.2 cm³/mol. The molecular weight excluding hydrogens is 260 g/mol. The van der Waals surface area contributed by atoms with Crippen LogP contribution >= 0.6 is 0 Å². The molecule has 5 rings (SSSR count). The van der Waals surface area contributed by atoms with Crippen LogP contribution in [0.5, 0.6) is 0 Å². The molecule has 3 aliphatic rings. The van der Waals surface area contributed by atoms with Crippen molar-refractivity contribution in [2.24, 2.45) is 5.92 Å². The predicted octanol–water partition coefficient (Wildman–Crippen LogP) is 2.41. The van der Waals surface area contributed by atoms with Gasteiger partial charge in [0, 0.05) is 11.8 Å². The molecule has 0 saturated heterocycles. The van der Waals surface area contributed by atoms with Crippen LogP contribution in [0.3, 0.4) is 0 Å². The summed E-state index contributed by atoms with van der Waals surface area (Å²) in [7, 11) is 0. The zero-order valence-electron chi connectivity index (χ0n) is 11.8. The first kappa shape index (κ1) is 12.8. The maximum Gasteiger partial charge on any atom is 0.120 e. The molecular formula is C19H17O2-. The van der Waals surface area contributed by atoms with Gasteiger partial charge in [-0.2, -0.15) is 0 Å². The maximum absolute atomic E-state index is 12.2. The van der Waals surface area contributed by atoms with E-state index in [0.29, 0.717) is 0 Å². The minimum absolute atomic E-state index is 0.116. The van der Waals surface area contributed by atoms with Crippen molar-refractivity contribution in [2.45, 2.75) is 24.7 Å². The van der Waals surface area contributed by atoms with Gasteiger partial charge in [-0.05, 0) is 41.0 Å². The van der Waals surface area contributed by atoms with Gasteiger partial charge in [-0.15, -0.1) is 0 Å². The van der Waals surface area contributed by atoms with Crippen LogP contribution in [0.2, 0.25) is 0 Å². The summed E-state index contributed by atoms with van der Waals surface area (Å²) >= 11 is 0. The number of hydrogen-bond acceptors (Lipinski definition) is 2. The Labute approximate surface area is 124 Å². The number of benzene rings is 2. The van der Waals surface area contributed by atoms with E-state index in [1.54, 1.807) is 0 Å². The van der Waals surface area contributed by atoms with E-state index in [4.69, 9.17) is 0 Å². The van der Waals surface area contributed by atoms with E-state index in [-0.39, 0.29) is 23.5 Å². The fourth-order valence-electron chi connectivity index (χ4n) is 4.23. The summed E-state index contributed by atoms with van der Waals surface area (Å²) in [6.45, 7) is -0.591. The van der Waals surface area contributed by atoms with Gasteiger partial charge in [-0.3, -0.25) is 0 Å². The van der Waals surface area contributed by atoms with E-state index < -0.39 is 6.61 Å². The molecule has 0 amide bonds. The van der Waals surface area contributed by atoms with Gasteiger partial charge in [-0.1, -0.05) is 55.1 Å². The van der Waals surface area contributed by atoms with Crippen LogP contribution in [-0.4, -0.2) is 12.4 Å². The molecule has 2 bridgehead atoms. The van der Waals surface area contributed by atoms with Crippen LogP contribution in [0, 0.1) is 5.92 Å². The van der Waals surface area contributed by atoms with Crippen molar-refractivity contribution in [1.29, 1.82) is 0 Å². The third-order valence-corrected chi connectivity index (χ3v) is 5.17. The lowest BCUT2D eigenvalue weighted by molar-refractivity contribution is -0.355. The van der Waals surface area contributed by atoms with Crippen LogP contribution in [-0.2, 0) is 11.2 Å². The van der Waals surface area contributed by atoms with Gasteiger partial charge in [0.25, 0.3) is 0 Å². The molecule has 0 fully saturated rings. The molecule has 0 spiro atoms. The molecule has 0 aliphatic heterocycles. The molecule has 2 aromatic carbocycles. The van der Waals surface area contributed by atoms with Gasteiger partial charge >= 0.3 is 0 Å². The second-order valence-corrected chi connectivity index (χ2v) is 6.14. The number of ketones is 1. The monoisotopic (exact) mass is 277 g/mol. The van der Waals surface area contributed by atoms with Gasteiger partial charge in [-0.25, -0.2) is 0 Å². The normalized spacial score (nSPS) is 25.9. The molecule has 2 nitrogen and oxygen atoms in total. The highest BCUT2D eigenvalue weighted by Gasteiger charge is 2.41. The Morgan fingerprint density at radius 2 is 1.67 bits per heavy atom. The summed E-state index contributed by atoms with van der Waals surface area (Å²) in [6.07, 6.45) is 1.67. The number of Topliss-reactive ketones (excluding diaryl/α,β-unsaturated/α-hetero) is 1. The Hall–Kier alpha value is -1.93. The topological polar surface area (TPSA) is 40.1 Å². The van der Waals surface area contributed by atoms with Crippen LogP contribution in [0.4, 0.5) is 0 Å². The zero-order chi connectivity index (χ0) is 14.4. The first-order chi connectivity index (χ1) is 10.3. The second-order valence-electron chi connectivity index (χ2n) is 6.14. The lowest BCUT2D eigenvalue weighted by Crippen LogP contribution is -2.34. The van der Waals surface area contributed by atoms with Gasteiger partial charge in [0.2, 0.25) is 0 Å². The number of carbonyl (C=O) groups is 1. The molecule has 21 heavy (non-hydrogen) atoms. The quantitative estimate of drug-likeness (QED) is 0.845. The SMILES string of the molecule is O=C(C[O-])C1CC2c3ccccc3CC1c1ccccc12. The summed E-state index contributed by atoms with van der Waals surface area (Å²) < 4.78 is 0. The summed E-state index contributed by atoms with van der Waals surface area (Å²) in [5, 5.41) is 11.2. The Balaban J connectivity index is 1.93.